The number of rotatable bonds is 5. The molecule has 7 heteroatoms. The third-order valence-electron chi connectivity index (χ3n) is 3.94. The molecule has 126 valence electrons. The molecule has 1 heterocycles. The van der Waals surface area contributed by atoms with Gasteiger partial charge in [0.15, 0.2) is 5.78 Å². The van der Waals surface area contributed by atoms with Gasteiger partial charge >= 0.3 is 0 Å². The Labute approximate surface area is 145 Å². The molecule has 0 fully saturated rings. The van der Waals surface area contributed by atoms with Gasteiger partial charge in [-0.3, -0.25) is 4.79 Å². The lowest BCUT2D eigenvalue weighted by atomic mass is 9.87. The van der Waals surface area contributed by atoms with Gasteiger partial charge in [-0.05, 0) is 53.8 Å². The number of hydrogen-bond donors (Lipinski definition) is 2. The number of carbonyl (C=O) groups is 1. The Morgan fingerprint density at radius 1 is 1.12 bits per heavy atom. The average molecular weight is 362 g/mol. The molecule has 1 aromatic heterocycles. The highest BCUT2D eigenvalue weighted by atomic mass is 32.2. The van der Waals surface area contributed by atoms with E-state index in [4.69, 9.17) is 0 Å². The maximum atomic E-state index is 12.3. The summed E-state index contributed by atoms with van der Waals surface area (Å²) in [7, 11) is -3.68. The molecule has 0 saturated heterocycles. The molecular formula is C17H18N2O3S2. The zero-order chi connectivity index (χ0) is 17.2. The minimum Gasteiger partial charge on any atom is -0.312 e. The third kappa shape index (κ3) is 3.92. The number of hydrogen-bond acceptors (Lipinski definition) is 5. The summed E-state index contributed by atoms with van der Waals surface area (Å²) in [6.07, 6.45) is 2.52. The van der Waals surface area contributed by atoms with Gasteiger partial charge in [0.25, 0.3) is 10.0 Å². The van der Waals surface area contributed by atoms with E-state index >= 15 is 0 Å². The van der Waals surface area contributed by atoms with Crippen LogP contribution in [0.2, 0.25) is 0 Å². The van der Waals surface area contributed by atoms with Gasteiger partial charge in [0, 0.05) is 18.2 Å². The van der Waals surface area contributed by atoms with Crippen LogP contribution in [0.25, 0.3) is 0 Å². The van der Waals surface area contributed by atoms with Crippen molar-refractivity contribution in [2.75, 3.05) is 0 Å². The van der Waals surface area contributed by atoms with Crippen molar-refractivity contribution in [1.29, 1.82) is 0 Å². The quantitative estimate of drug-likeness (QED) is 0.802. The largest absolute Gasteiger partial charge is 0.312 e. The molecule has 1 aliphatic carbocycles. The third-order valence-corrected chi connectivity index (χ3v) is 5.91. The van der Waals surface area contributed by atoms with Gasteiger partial charge < -0.3 is 5.43 Å². The highest BCUT2D eigenvalue weighted by Crippen LogP contribution is 2.31. The zero-order valence-electron chi connectivity index (χ0n) is 13.2. The molecule has 3 rings (SSSR count). The van der Waals surface area contributed by atoms with Crippen molar-refractivity contribution in [3.8, 4) is 0 Å². The van der Waals surface area contributed by atoms with Gasteiger partial charge in [0.1, 0.15) is 0 Å². The van der Waals surface area contributed by atoms with E-state index in [0.717, 1.165) is 11.1 Å². The smallest absolute Gasteiger partial charge is 0.257 e. The van der Waals surface area contributed by atoms with E-state index in [0.29, 0.717) is 18.5 Å². The highest BCUT2D eigenvalue weighted by molar-refractivity contribution is 7.89. The highest BCUT2D eigenvalue weighted by Gasteiger charge is 2.23. The SMILES string of the molecule is Cc1ccc(S(=O)(=O)NNC2=CC(=O)CC(c3ccsc3)C2)cc1. The first-order chi connectivity index (χ1) is 11.4. The fourth-order valence-corrected chi connectivity index (χ4v) is 4.25. The summed E-state index contributed by atoms with van der Waals surface area (Å²) < 4.78 is 24.6. The monoisotopic (exact) mass is 362 g/mol. The first-order valence-electron chi connectivity index (χ1n) is 7.54. The van der Waals surface area contributed by atoms with Gasteiger partial charge in [-0.25, -0.2) is 8.42 Å². The Bertz CT molecular complexity index is 854. The minimum absolute atomic E-state index is 0.00511. The van der Waals surface area contributed by atoms with Crippen LogP contribution in [0.5, 0.6) is 0 Å². The second-order valence-electron chi connectivity index (χ2n) is 5.84. The molecule has 2 aromatic rings. The van der Waals surface area contributed by atoms with Crippen LogP contribution >= 0.6 is 11.3 Å². The van der Waals surface area contributed by atoms with Crippen LogP contribution in [-0.4, -0.2) is 14.2 Å². The number of sulfonamides is 1. The number of aryl methyl sites for hydroxylation is 1. The van der Waals surface area contributed by atoms with Gasteiger partial charge in [-0.2, -0.15) is 11.3 Å². The van der Waals surface area contributed by atoms with Crippen molar-refractivity contribution in [2.45, 2.75) is 30.6 Å². The van der Waals surface area contributed by atoms with E-state index < -0.39 is 10.0 Å². The summed E-state index contributed by atoms with van der Waals surface area (Å²) in [4.78, 5) is 14.5. The van der Waals surface area contributed by atoms with E-state index in [-0.39, 0.29) is 16.6 Å². The molecule has 1 aromatic carbocycles. The summed E-state index contributed by atoms with van der Waals surface area (Å²) in [6.45, 7) is 1.89. The molecule has 0 radical (unpaired) electrons. The summed E-state index contributed by atoms with van der Waals surface area (Å²) in [6, 6.07) is 8.58. The molecule has 0 spiro atoms. The van der Waals surface area contributed by atoms with Crippen molar-refractivity contribution in [2.24, 2.45) is 0 Å². The van der Waals surface area contributed by atoms with Crippen molar-refractivity contribution in [3.05, 3.63) is 64.0 Å². The second kappa shape index (κ2) is 6.88. The van der Waals surface area contributed by atoms with Crippen LogP contribution in [0.4, 0.5) is 0 Å². The molecule has 0 amide bonds. The lowest BCUT2D eigenvalue weighted by Crippen LogP contribution is -2.38. The van der Waals surface area contributed by atoms with Crippen LogP contribution in [0, 0.1) is 6.92 Å². The van der Waals surface area contributed by atoms with Crippen molar-refractivity contribution < 1.29 is 13.2 Å². The molecule has 0 saturated carbocycles. The number of nitrogens with one attached hydrogen (secondary N) is 2. The topological polar surface area (TPSA) is 75.3 Å². The van der Waals surface area contributed by atoms with Crippen molar-refractivity contribution >= 4 is 27.1 Å². The normalized spacial score (nSPS) is 18.3. The Hall–Kier alpha value is -1.96. The fraction of sp³-hybridized carbons (Fsp3) is 0.235. The zero-order valence-corrected chi connectivity index (χ0v) is 14.8. The molecule has 1 atom stereocenters. The predicted octanol–water partition coefficient (Wildman–Crippen LogP) is 2.87. The van der Waals surface area contributed by atoms with Crippen LogP contribution in [-0.2, 0) is 14.8 Å². The molecular weight excluding hydrogens is 344 g/mol. The Balaban J connectivity index is 1.69. The summed E-state index contributed by atoms with van der Waals surface area (Å²) >= 11 is 1.59. The van der Waals surface area contributed by atoms with E-state index in [1.54, 1.807) is 35.6 Å². The second-order valence-corrected chi connectivity index (χ2v) is 8.30. The lowest BCUT2D eigenvalue weighted by Gasteiger charge is -2.22. The first kappa shape index (κ1) is 16.9. The molecule has 0 aliphatic heterocycles. The number of allylic oxidation sites excluding steroid dienone is 2. The maximum absolute atomic E-state index is 12.3. The predicted molar refractivity (Wildman–Crippen MR) is 94.0 cm³/mol. The summed E-state index contributed by atoms with van der Waals surface area (Å²) in [5, 5.41) is 4.00. The standard InChI is InChI=1S/C17H18N2O3S2/c1-12-2-4-17(5-3-12)24(21,22)19-18-15-8-14(9-16(20)10-15)13-6-7-23-11-13/h2-7,10-11,14,18-19H,8-9H2,1H3. The van der Waals surface area contributed by atoms with Crippen molar-refractivity contribution in [3.63, 3.8) is 0 Å². The van der Waals surface area contributed by atoms with Crippen LogP contribution in [0.3, 0.4) is 0 Å². The average Bonchev–Trinajstić information content (AvgIpc) is 3.07. The Kier molecular flexibility index (Phi) is 4.84. The Morgan fingerprint density at radius 2 is 1.88 bits per heavy atom. The molecule has 1 unspecified atom stereocenters. The van der Waals surface area contributed by atoms with E-state index in [1.165, 1.54) is 6.08 Å². The van der Waals surface area contributed by atoms with Crippen LogP contribution in [0.1, 0.15) is 29.9 Å². The maximum Gasteiger partial charge on any atom is 0.257 e. The van der Waals surface area contributed by atoms with Crippen LogP contribution in [0.15, 0.2) is 57.8 Å². The van der Waals surface area contributed by atoms with E-state index in [2.05, 4.69) is 10.3 Å². The molecule has 1 aliphatic rings. The molecule has 0 bridgehead atoms. The van der Waals surface area contributed by atoms with Gasteiger partial charge in [-0.1, -0.05) is 17.7 Å². The molecule has 24 heavy (non-hydrogen) atoms. The Morgan fingerprint density at radius 3 is 2.54 bits per heavy atom. The van der Waals surface area contributed by atoms with Crippen LogP contribution < -0.4 is 10.3 Å². The van der Waals surface area contributed by atoms with Gasteiger partial charge in [-0.15, -0.1) is 4.83 Å². The van der Waals surface area contributed by atoms with Gasteiger partial charge in [0.2, 0.25) is 0 Å². The lowest BCUT2D eigenvalue weighted by molar-refractivity contribution is -0.115. The van der Waals surface area contributed by atoms with Crippen molar-refractivity contribution in [1.82, 2.24) is 10.3 Å². The summed E-state index contributed by atoms with van der Waals surface area (Å²) in [5.41, 5.74) is 5.38. The number of thiophene rings is 1. The van der Waals surface area contributed by atoms with E-state index in [1.807, 2.05) is 23.8 Å². The van der Waals surface area contributed by atoms with E-state index in [9.17, 15) is 13.2 Å². The minimum atomic E-state index is -3.68. The fourth-order valence-electron chi connectivity index (χ4n) is 2.63. The molecule has 5 nitrogen and oxygen atoms in total. The molecule has 2 N–H and O–H groups in total. The number of benzene rings is 1. The first-order valence-corrected chi connectivity index (χ1v) is 9.96. The summed E-state index contributed by atoms with van der Waals surface area (Å²) in [5.74, 6) is 0.0783. The number of hydrazine groups is 1. The number of carbonyl (C=O) groups excluding carboxylic acids is 1. The van der Waals surface area contributed by atoms with Gasteiger partial charge in [0.05, 0.1) is 4.90 Å². The number of ketones is 1.